The number of unbranched alkanes of at least 4 members (excludes halogenated alkanes) is 9. The molecule has 0 unspecified atom stereocenters. The summed E-state index contributed by atoms with van der Waals surface area (Å²) >= 11 is 6.30. The SMILES string of the molecule is C=c1nc2c(c(=O)[nH]1)=Nc1cc(C)c(C)cc1N2CCN[C@@H](CC(=O)O)C(=O)O.CCOC(=O)CCCCCCn1c2nc(=O)[nH]c(=O)c-2nc2cc(C)c(Cl)cc21.CNC(=O)CCCCCCn1c2nc(=O)[nH]c(=O)c-2nc2cc(C)c(C)cc21.Cc1cc2nc3c(=O)n(C)c(=O)nc-3n(CCCCCCC(=O)O)c2cc1C. The summed E-state index contributed by atoms with van der Waals surface area (Å²) in [4.78, 5) is 183. The van der Waals surface area contributed by atoms with Gasteiger partial charge in [-0.15, -0.1) is 0 Å². The van der Waals surface area contributed by atoms with Crippen molar-refractivity contribution in [1.82, 2.24) is 78.7 Å². The fraction of sp³-hybridized carbons (Fsp3) is 0.418. The molecule has 1 atom stereocenters. The topological polar surface area (TPSA) is 472 Å². The normalized spacial score (nSPS) is 11.8. The fourth-order valence-electron chi connectivity index (χ4n) is 13.0. The van der Waals surface area contributed by atoms with Gasteiger partial charge in [0.15, 0.2) is 45.7 Å². The van der Waals surface area contributed by atoms with Gasteiger partial charge < -0.3 is 54.3 Å². The molecule has 0 spiro atoms. The molecule has 8 heterocycles. The lowest BCUT2D eigenvalue weighted by Gasteiger charge is -2.29. The molecule has 8 N–H and O–H groups in total. The number of H-pyrrole nitrogens is 3. The molecular formula is C79H93ClN18O16. The average molecular weight is 1590 g/mol. The van der Waals surface area contributed by atoms with Gasteiger partial charge >= 0.3 is 40.9 Å². The van der Waals surface area contributed by atoms with Gasteiger partial charge in [0.05, 0.1) is 57.5 Å². The van der Waals surface area contributed by atoms with E-state index in [1.165, 1.54) is 7.05 Å². The Balaban J connectivity index is 0.000000174. The first-order chi connectivity index (χ1) is 54.3. The number of anilines is 2. The zero-order chi connectivity index (χ0) is 82.9. The number of aliphatic carboxylic acids is 3. The quantitative estimate of drug-likeness (QED) is 0.0134. The number of aromatic amines is 3. The molecule has 0 saturated heterocycles. The number of esters is 1. The summed E-state index contributed by atoms with van der Waals surface area (Å²) in [6.07, 6.45) is 10.5. The van der Waals surface area contributed by atoms with E-state index in [0.717, 1.165) is 136 Å². The highest BCUT2D eigenvalue weighted by atomic mass is 35.5. The molecule has 12 rings (SSSR count). The molecule has 0 aliphatic carbocycles. The minimum absolute atomic E-state index is 0.0535. The molecule has 602 valence electrons. The van der Waals surface area contributed by atoms with Crippen LogP contribution in [0, 0.1) is 48.5 Å². The number of amides is 1. The van der Waals surface area contributed by atoms with Crippen molar-refractivity contribution in [1.29, 1.82) is 0 Å². The Bertz CT molecular complexity index is 5950. The van der Waals surface area contributed by atoms with E-state index in [1.807, 2.05) is 105 Å². The van der Waals surface area contributed by atoms with Crippen LogP contribution in [0.15, 0.2) is 87.1 Å². The number of aromatic nitrogens is 14. The van der Waals surface area contributed by atoms with E-state index < -0.39 is 69.7 Å². The average Bonchev–Trinajstić information content (AvgIpc) is 0.739. The van der Waals surface area contributed by atoms with Crippen LogP contribution in [-0.4, -0.2) is 146 Å². The summed E-state index contributed by atoms with van der Waals surface area (Å²) < 4.78 is 11.5. The van der Waals surface area contributed by atoms with Crippen molar-refractivity contribution in [2.45, 2.75) is 184 Å². The van der Waals surface area contributed by atoms with Crippen LogP contribution in [0.4, 0.5) is 17.2 Å². The van der Waals surface area contributed by atoms with Gasteiger partial charge in [0.25, 0.3) is 22.2 Å². The van der Waals surface area contributed by atoms with Crippen LogP contribution in [0.1, 0.15) is 149 Å². The molecule has 0 fully saturated rings. The van der Waals surface area contributed by atoms with Crippen LogP contribution in [0.5, 0.6) is 0 Å². The van der Waals surface area contributed by atoms with E-state index in [2.05, 4.69) is 72.0 Å². The summed E-state index contributed by atoms with van der Waals surface area (Å²) in [7, 11) is 3.04. The number of carbonyl (C=O) groups is 5. The smallest absolute Gasteiger partial charge is 0.352 e. The molecule has 1 aromatic heterocycles. The van der Waals surface area contributed by atoms with Crippen molar-refractivity contribution in [3.8, 4) is 34.6 Å². The second-order valence-electron chi connectivity index (χ2n) is 27.9. The van der Waals surface area contributed by atoms with Crippen molar-refractivity contribution >= 4 is 98.3 Å². The van der Waals surface area contributed by atoms with Crippen LogP contribution in [0.2, 0.25) is 5.02 Å². The van der Waals surface area contributed by atoms with Gasteiger partial charge in [0, 0.05) is 71.1 Å². The number of carboxylic acids is 3. The van der Waals surface area contributed by atoms with Gasteiger partial charge in [-0.25, -0.2) is 39.3 Å². The molecule has 7 aliphatic heterocycles. The minimum atomic E-state index is -1.25. The highest BCUT2D eigenvalue weighted by Gasteiger charge is 2.28. The van der Waals surface area contributed by atoms with Crippen molar-refractivity contribution in [3.05, 3.63) is 176 Å². The van der Waals surface area contributed by atoms with Crippen LogP contribution in [0.25, 0.3) is 74.2 Å². The third-order valence-corrected chi connectivity index (χ3v) is 20.0. The first kappa shape index (κ1) is 85.7. The number of hydrogen-bond acceptors (Lipinski definition) is 23. The Kier molecular flexibility index (Phi) is 29.1. The number of rotatable bonds is 29. The molecule has 35 heteroatoms. The predicted molar refractivity (Wildman–Crippen MR) is 429 cm³/mol. The maximum atomic E-state index is 12.6. The van der Waals surface area contributed by atoms with Gasteiger partial charge in [-0.05, 0) is 181 Å². The minimum Gasteiger partial charge on any atom is -0.481 e. The largest absolute Gasteiger partial charge is 0.481 e. The van der Waals surface area contributed by atoms with Gasteiger partial charge in [-0.1, -0.05) is 56.7 Å². The van der Waals surface area contributed by atoms with Crippen molar-refractivity contribution in [3.63, 3.8) is 0 Å². The van der Waals surface area contributed by atoms with Gasteiger partial charge in [-0.3, -0.25) is 57.7 Å². The van der Waals surface area contributed by atoms with Gasteiger partial charge in [-0.2, -0.15) is 15.0 Å². The summed E-state index contributed by atoms with van der Waals surface area (Å²) in [5.74, 6) is -2.18. The van der Waals surface area contributed by atoms with E-state index in [1.54, 1.807) is 24.9 Å². The lowest BCUT2D eigenvalue weighted by Crippen LogP contribution is -2.46. The highest BCUT2D eigenvalue weighted by molar-refractivity contribution is 6.32. The third-order valence-electron chi connectivity index (χ3n) is 19.5. The molecule has 114 heavy (non-hydrogen) atoms. The number of aryl methyl sites for hydroxylation is 10. The molecule has 1 amide bonds. The second kappa shape index (κ2) is 38.7. The Morgan fingerprint density at radius 1 is 0.526 bits per heavy atom. The Hall–Kier alpha value is -12.3. The second-order valence-corrected chi connectivity index (χ2v) is 28.3. The molecule has 34 nitrogen and oxygen atoms in total. The summed E-state index contributed by atoms with van der Waals surface area (Å²) in [6, 6.07) is 14.1. The standard InChI is InChI=1S/C20H23ClN4O4.C20H25N5O3.C20H24N4O4.C19H21N5O5/c1-3-29-16(26)8-6-4-5-7-9-25-15-11-13(21)12(2)10-14(15)22-17-18(25)23-20(28)24-19(17)27;1-12-10-14-15(11-13(12)2)25(9-7-5-4-6-8-16(26)21-3)18-17(22-14)19(27)24-20(28)23-18;1-12-10-14-15(11-13(12)2)24(9-7-5-4-6-8-16(25)26)18-17(21-14)19(27)23(3)20(28)22-18;1-9-6-12-14(7-10(9)2)24(5-4-20-13(19(28)29)8-15(25)26)17-16(23-12)18(27)22-11(3)21-17/h10-11H,3-9H2,1-2H3,(H,24,27,28);10-11H,4-9H2,1-3H3,(H,21,26)(H,24,27,28);10-11H,4-9H2,1-3H3,(H,25,26);6-7,13,20H,3-5,8H2,1-2H3,(H,22,27)(H,25,26)(H,28,29)/t;;;13-/m...0/s1. The van der Waals surface area contributed by atoms with Crippen LogP contribution >= 0.6 is 11.6 Å². The van der Waals surface area contributed by atoms with E-state index in [9.17, 15) is 62.6 Å². The van der Waals surface area contributed by atoms with Crippen molar-refractivity contribution in [2.24, 2.45) is 12.0 Å². The molecule has 5 aromatic rings. The molecule has 0 bridgehead atoms. The van der Waals surface area contributed by atoms with Crippen molar-refractivity contribution in [2.75, 3.05) is 31.6 Å². The molecule has 0 saturated carbocycles. The zero-order valence-corrected chi connectivity index (χ0v) is 66.1. The van der Waals surface area contributed by atoms with Gasteiger partial charge in [0.1, 0.15) is 11.5 Å². The highest BCUT2D eigenvalue weighted by Crippen LogP contribution is 2.37. The van der Waals surface area contributed by atoms with Crippen LogP contribution in [0.3, 0.4) is 0 Å². The number of hydrogen-bond donors (Lipinski definition) is 8. The third kappa shape index (κ3) is 21.3. The lowest BCUT2D eigenvalue weighted by molar-refractivity contribution is -0.145. The number of fused-ring (bicyclic) bond motifs is 8. The van der Waals surface area contributed by atoms with Crippen molar-refractivity contribution < 1.29 is 44.0 Å². The number of ether oxygens (including phenoxy) is 1. The lowest BCUT2D eigenvalue weighted by atomic mass is 10.1. The Morgan fingerprint density at radius 3 is 1.50 bits per heavy atom. The number of halogens is 1. The first-order valence-electron chi connectivity index (χ1n) is 37.5. The fourth-order valence-corrected chi connectivity index (χ4v) is 13.2. The number of carbonyl (C=O) groups excluding carboxylic acids is 2. The van der Waals surface area contributed by atoms with E-state index in [0.29, 0.717) is 90.2 Å². The first-order valence-corrected chi connectivity index (χ1v) is 37.9. The molecular weight excluding hydrogens is 1490 g/mol. The zero-order valence-electron chi connectivity index (χ0n) is 65.3. The van der Waals surface area contributed by atoms with E-state index >= 15 is 0 Å². The number of nitrogens with one attached hydrogen (secondary N) is 5. The number of nitrogens with zero attached hydrogens (tertiary/aromatic N) is 13. The molecule has 4 aromatic carbocycles. The van der Waals surface area contributed by atoms with Gasteiger partial charge in [0.2, 0.25) is 5.91 Å². The number of carboxylic acid groups (broad SMARTS) is 3. The van der Waals surface area contributed by atoms with E-state index in [4.69, 9.17) is 26.6 Å². The Morgan fingerprint density at radius 2 is 0.991 bits per heavy atom. The summed E-state index contributed by atoms with van der Waals surface area (Å²) in [6.45, 7) is 21.8. The Labute approximate surface area is 656 Å². The maximum absolute atomic E-state index is 12.6. The maximum Gasteiger partial charge on any atom is 0.352 e. The van der Waals surface area contributed by atoms with Crippen LogP contribution in [-0.2, 0) is 55.4 Å². The monoisotopic (exact) mass is 1580 g/mol. The predicted octanol–water partition coefficient (Wildman–Crippen LogP) is 6.92. The molecule has 7 aliphatic rings. The molecule has 0 radical (unpaired) electrons. The van der Waals surface area contributed by atoms with Crippen LogP contribution < -0.4 is 65.7 Å². The summed E-state index contributed by atoms with van der Waals surface area (Å²) in [5, 5.41) is 32.9. The van der Waals surface area contributed by atoms with E-state index in [-0.39, 0.29) is 65.1 Å². The number of benzene rings is 4. The summed E-state index contributed by atoms with van der Waals surface area (Å²) in [5.41, 5.74) is 9.77.